The molecule has 2 heterocycles. The van der Waals surface area contributed by atoms with Crippen LogP contribution in [-0.4, -0.2) is 13.1 Å². The first-order chi connectivity index (χ1) is 9.79. The van der Waals surface area contributed by atoms with Crippen molar-refractivity contribution in [1.29, 1.82) is 0 Å². The molecule has 0 aromatic heterocycles. The van der Waals surface area contributed by atoms with Crippen molar-refractivity contribution in [3.05, 3.63) is 58.9 Å². The standard InChI is InChI=1S/C17H17FN2/c18-15-3-2-13-6-8-20(17(13)10-15)11-12-1-4-16-14(9-12)5-7-19-16/h1-4,9-10,19H,5-8,11H2. The van der Waals surface area contributed by atoms with Gasteiger partial charge >= 0.3 is 0 Å². The monoisotopic (exact) mass is 268 g/mol. The minimum absolute atomic E-state index is 0.145. The molecule has 102 valence electrons. The summed E-state index contributed by atoms with van der Waals surface area (Å²) in [5.41, 5.74) is 6.30. The zero-order valence-electron chi connectivity index (χ0n) is 11.3. The van der Waals surface area contributed by atoms with Crippen LogP contribution >= 0.6 is 0 Å². The van der Waals surface area contributed by atoms with Crippen molar-refractivity contribution in [1.82, 2.24) is 0 Å². The van der Waals surface area contributed by atoms with E-state index in [1.807, 2.05) is 6.07 Å². The Kier molecular flexibility index (Phi) is 2.66. The van der Waals surface area contributed by atoms with E-state index in [0.717, 1.165) is 38.2 Å². The first kappa shape index (κ1) is 11.8. The number of anilines is 2. The molecule has 3 heteroatoms. The molecule has 0 bridgehead atoms. The lowest BCUT2D eigenvalue weighted by atomic mass is 10.1. The third kappa shape index (κ3) is 1.94. The number of hydrogen-bond acceptors (Lipinski definition) is 2. The van der Waals surface area contributed by atoms with Crippen LogP contribution in [-0.2, 0) is 19.4 Å². The van der Waals surface area contributed by atoms with E-state index in [1.54, 1.807) is 12.1 Å². The minimum atomic E-state index is -0.145. The van der Waals surface area contributed by atoms with Gasteiger partial charge in [0.2, 0.25) is 0 Å². The summed E-state index contributed by atoms with van der Waals surface area (Å²) in [5.74, 6) is -0.145. The van der Waals surface area contributed by atoms with Gasteiger partial charge in [0.15, 0.2) is 0 Å². The molecule has 0 atom stereocenters. The first-order valence-electron chi connectivity index (χ1n) is 7.19. The van der Waals surface area contributed by atoms with Gasteiger partial charge in [0.25, 0.3) is 0 Å². The molecule has 0 saturated heterocycles. The third-order valence-corrected chi connectivity index (χ3v) is 4.29. The number of fused-ring (bicyclic) bond motifs is 2. The van der Waals surface area contributed by atoms with Gasteiger partial charge in [-0.25, -0.2) is 4.39 Å². The maximum absolute atomic E-state index is 13.4. The largest absolute Gasteiger partial charge is 0.384 e. The Hall–Kier alpha value is -2.03. The number of nitrogens with one attached hydrogen (secondary N) is 1. The number of halogens is 1. The zero-order valence-corrected chi connectivity index (χ0v) is 11.3. The molecule has 4 rings (SSSR count). The molecule has 2 aromatic carbocycles. The number of rotatable bonds is 2. The molecule has 2 aliphatic rings. The van der Waals surface area contributed by atoms with Gasteiger partial charge in [-0.2, -0.15) is 0 Å². The van der Waals surface area contributed by atoms with Crippen molar-refractivity contribution < 1.29 is 4.39 Å². The van der Waals surface area contributed by atoms with Gasteiger partial charge in [-0.05, 0) is 47.7 Å². The highest BCUT2D eigenvalue weighted by Crippen LogP contribution is 2.31. The topological polar surface area (TPSA) is 15.3 Å². The molecule has 0 radical (unpaired) electrons. The maximum Gasteiger partial charge on any atom is 0.125 e. The summed E-state index contributed by atoms with van der Waals surface area (Å²) in [7, 11) is 0. The Morgan fingerprint density at radius 1 is 1.05 bits per heavy atom. The van der Waals surface area contributed by atoms with Crippen molar-refractivity contribution in [3.63, 3.8) is 0 Å². The minimum Gasteiger partial charge on any atom is -0.384 e. The van der Waals surface area contributed by atoms with E-state index < -0.39 is 0 Å². The van der Waals surface area contributed by atoms with Crippen molar-refractivity contribution in [2.45, 2.75) is 19.4 Å². The molecule has 0 spiro atoms. The number of nitrogens with zero attached hydrogens (tertiary/aromatic N) is 1. The Morgan fingerprint density at radius 2 is 2.00 bits per heavy atom. The van der Waals surface area contributed by atoms with E-state index in [0.29, 0.717) is 0 Å². The maximum atomic E-state index is 13.4. The predicted octanol–water partition coefficient (Wildman–Crippen LogP) is 3.36. The molecule has 20 heavy (non-hydrogen) atoms. The average molecular weight is 268 g/mol. The van der Waals surface area contributed by atoms with Crippen molar-refractivity contribution >= 4 is 11.4 Å². The van der Waals surface area contributed by atoms with Gasteiger partial charge < -0.3 is 10.2 Å². The SMILES string of the molecule is Fc1ccc2c(c1)N(Cc1ccc3c(c1)CCN3)CC2. The molecule has 0 fully saturated rings. The highest BCUT2D eigenvalue weighted by molar-refractivity contribution is 5.60. The van der Waals surface area contributed by atoms with Gasteiger partial charge in [0.1, 0.15) is 5.82 Å². The molecule has 1 N–H and O–H groups in total. The van der Waals surface area contributed by atoms with E-state index in [2.05, 4.69) is 28.4 Å². The Bertz CT molecular complexity index is 666. The lowest BCUT2D eigenvalue weighted by molar-refractivity contribution is 0.627. The van der Waals surface area contributed by atoms with Crippen LogP contribution in [0.5, 0.6) is 0 Å². The van der Waals surface area contributed by atoms with Gasteiger partial charge in [0, 0.05) is 31.0 Å². The van der Waals surface area contributed by atoms with Crippen LogP contribution in [0.3, 0.4) is 0 Å². The zero-order chi connectivity index (χ0) is 13.5. The van der Waals surface area contributed by atoms with Crippen LogP contribution in [0.1, 0.15) is 16.7 Å². The summed E-state index contributed by atoms with van der Waals surface area (Å²) in [5, 5.41) is 3.38. The van der Waals surface area contributed by atoms with Crippen LogP contribution in [0, 0.1) is 5.82 Å². The second kappa shape index (κ2) is 4.51. The highest BCUT2D eigenvalue weighted by Gasteiger charge is 2.20. The Morgan fingerprint density at radius 3 is 2.95 bits per heavy atom. The summed E-state index contributed by atoms with van der Waals surface area (Å²) in [6.07, 6.45) is 2.12. The lowest BCUT2D eigenvalue weighted by Crippen LogP contribution is -2.19. The van der Waals surface area contributed by atoms with E-state index in [-0.39, 0.29) is 5.82 Å². The molecular weight excluding hydrogens is 251 g/mol. The second-order valence-electron chi connectivity index (χ2n) is 5.61. The molecule has 0 amide bonds. The van der Waals surface area contributed by atoms with Crippen LogP contribution < -0.4 is 10.2 Å². The normalized spacial score (nSPS) is 15.9. The van der Waals surface area contributed by atoms with Crippen LogP contribution in [0.15, 0.2) is 36.4 Å². The molecule has 0 aliphatic carbocycles. The van der Waals surface area contributed by atoms with Gasteiger partial charge in [-0.15, -0.1) is 0 Å². The second-order valence-corrected chi connectivity index (χ2v) is 5.61. The molecular formula is C17H17FN2. The fourth-order valence-corrected chi connectivity index (χ4v) is 3.26. The van der Waals surface area contributed by atoms with E-state index in [9.17, 15) is 4.39 Å². The molecule has 0 saturated carbocycles. The Balaban J connectivity index is 1.60. The summed E-state index contributed by atoms with van der Waals surface area (Å²) in [6.45, 7) is 2.88. The fraction of sp³-hybridized carbons (Fsp3) is 0.294. The Labute approximate surface area is 118 Å². The van der Waals surface area contributed by atoms with Crippen molar-refractivity contribution in [3.8, 4) is 0 Å². The van der Waals surface area contributed by atoms with Gasteiger partial charge in [-0.1, -0.05) is 18.2 Å². The molecule has 2 aromatic rings. The van der Waals surface area contributed by atoms with Crippen LogP contribution in [0.2, 0.25) is 0 Å². The fourth-order valence-electron chi connectivity index (χ4n) is 3.26. The van der Waals surface area contributed by atoms with Crippen molar-refractivity contribution in [2.75, 3.05) is 23.3 Å². The first-order valence-corrected chi connectivity index (χ1v) is 7.19. The van der Waals surface area contributed by atoms with Gasteiger partial charge in [0.05, 0.1) is 0 Å². The summed E-state index contributed by atoms with van der Waals surface area (Å²) >= 11 is 0. The third-order valence-electron chi connectivity index (χ3n) is 4.29. The average Bonchev–Trinajstić information content (AvgIpc) is 3.05. The van der Waals surface area contributed by atoms with E-state index in [1.165, 1.54) is 22.4 Å². The smallest absolute Gasteiger partial charge is 0.125 e. The number of hydrogen-bond donors (Lipinski definition) is 1. The van der Waals surface area contributed by atoms with E-state index >= 15 is 0 Å². The van der Waals surface area contributed by atoms with E-state index in [4.69, 9.17) is 0 Å². The van der Waals surface area contributed by atoms with Crippen molar-refractivity contribution in [2.24, 2.45) is 0 Å². The predicted molar refractivity (Wildman–Crippen MR) is 79.8 cm³/mol. The summed E-state index contributed by atoms with van der Waals surface area (Å²) < 4.78 is 13.4. The van der Waals surface area contributed by atoms with Crippen LogP contribution in [0.25, 0.3) is 0 Å². The van der Waals surface area contributed by atoms with Crippen LogP contribution in [0.4, 0.5) is 15.8 Å². The molecule has 2 nitrogen and oxygen atoms in total. The molecule has 2 aliphatic heterocycles. The quantitative estimate of drug-likeness (QED) is 0.898. The van der Waals surface area contributed by atoms with Gasteiger partial charge in [-0.3, -0.25) is 0 Å². The highest BCUT2D eigenvalue weighted by atomic mass is 19.1. The molecule has 0 unspecified atom stereocenters. The summed E-state index contributed by atoms with van der Waals surface area (Å²) in [6, 6.07) is 11.8. The summed E-state index contributed by atoms with van der Waals surface area (Å²) in [4.78, 5) is 2.28. The lowest BCUT2D eigenvalue weighted by Gasteiger charge is -2.20. The number of benzene rings is 2.